The Bertz CT molecular complexity index is 661. The van der Waals surface area contributed by atoms with Crippen LogP contribution >= 0.6 is 11.6 Å². The van der Waals surface area contributed by atoms with Crippen LogP contribution in [0.1, 0.15) is 17.3 Å². The van der Waals surface area contributed by atoms with Crippen LogP contribution in [0.4, 0.5) is 4.39 Å². The third-order valence-corrected chi connectivity index (χ3v) is 3.20. The van der Waals surface area contributed by atoms with Crippen LogP contribution in [0.25, 0.3) is 0 Å². The normalized spacial score (nSPS) is 10.2. The van der Waals surface area contributed by atoms with E-state index in [2.05, 4.69) is 5.32 Å². The summed E-state index contributed by atoms with van der Waals surface area (Å²) in [5.41, 5.74) is -0.0847. The Morgan fingerprint density at radius 1 is 1.13 bits per heavy atom. The third kappa shape index (κ3) is 5.14. The van der Waals surface area contributed by atoms with E-state index in [1.165, 1.54) is 12.1 Å². The van der Waals surface area contributed by atoms with Gasteiger partial charge in [0, 0.05) is 5.02 Å². The van der Waals surface area contributed by atoms with Crippen molar-refractivity contribution in [2.75, 3.05) is 19.8 Å². The molecule has 2 aromatic rings. The first-order valence-electron chi connectivity index (χ1n) is 7.19. The zero-order chi connectivity index (χ0) is 16.7. The fourth-order valence-corrected chi connectivity index (χ4v) is 2.07. The highest BCUT2D eigenvalue weighted by atomic mass is 35.5. The van der Waals surface area contributed by atoms with Crippen LogP contribution in [-0.4, -0.2) is 25.7 Å². The lowest BCUT2D eigenvalue weighted by molar-refractivity contribution is 0.0943. The minimum atomic E-state index is -0.612. The van der Waals surface area contributed by atoms with Crippen molar-refractivity contribution in [1.29, 1.82) is 0 Å². The van der Waals surface area contributed by atoms with Gasteiger partial charge in [-0.15, -0.1) is 0 Å². The molecule has 0 fully saturated rings. The maximum Gasteiger partial charge on any atom is 0.254 e. The van der Waals surface area contributed by atoms with Crippen molar-refractivity contribution >= 4 is 17.5 Å². The van der Waals surface area contributed by atoms with Crippen molar-refractivity contribution in [3.8, 4) is 11.5 Å². The van der Waals surface area contributed by atoms with E-state index in [-0.39, 0.29) is 18.7 Å². The largest absolute Gasteiger partial charge is 0.494 e. The second-order valence-corrected chi connectivity index (χ2v) is 5.07. The van der Waals surface area contributed by atoms with E-state index in [9.17, 15) is 9.18 Å². The van der Waals surface area contributed by atoms with E-state index in [1.54, 1.807) is 24.3 Å². The molecular weight excluding hydrogens is 321 g/mol. The van der Waals surface area contributed by atoms with Gasteiger partial charge < -0.3 is 14.8 Å². The van der Waals surface area contributed by atoms with Gasteiger partial charge in [0.05, 0.1) is 18.7 Å². The van der Waals surface area contributed by atoms with Gasteiger partial charge in [0.25, 0.3) is 5.91 Å². The van der Waals surface area contributed by atoms with Gasteiger partial charge in [0.1, 0.15) is 23.9 Å². The van der Waals surface area contributed by atoms with Gasteiger partial charge in [0.2, 0.25) is 0 Å². The van der Waals surface area contributed by atoms with Crippen LogP contribution in [0.3, 0.4) is 0 Å². The molecule has 2 rings (SSSR count). The van der Waals surface area contributed by atoms with Crippen molar-refractivity contribution in [2.45, 2.75) is 6.92 Å². The molecule has 0 saturated carbocycles. The first-order valence-corrected chi connectivity index (χ1v) is 7.57. The summed E-state index contributed by atoms with van der Waals surface area (Å²) in [5.74, 6) is 0.292. The highest BCUT2D eigenvalue weighted by molar-refractivity contribution is 6.30. The molecule has 0 atom stereocenters. The molecule has 2 aromatic carbocycles. The molecule has 0 spiro atoms. The van der Waals surface area contributed by atoms with Gasteiger partial charge in [-0.1, -0.05) is 11.6 Å². The van der Waals surface area contributed by atoms with E-state index in [0.717, 1.165) is 11.8 Å². The average Bonchev–Trinajstić information content (AvgIpc) is 2.55. The van der Waals surface area contributed by atoms with E-state index in [1.807, 2.05) is 6.92 Å². The monoisotopic (exact) mass is 337 g/mol. The molecule has 0 aliphatic carbocycles. The molecule has 0 unspecified atom stereocenters. The number of ether oxygens (including phenoxy) is 2. The summed E-state index contributed by atoms with van der Waals surface area (Å²) in [7, 11) is 0. The van der Waals surface area contributed by atoms with Crippen molar-refractivity contribution in [2.24, 2.45) is 0 Å². The molecule has 0 aliphatic rings. The standard InChI is InChI=1S/C17H17ClFNO3/c1-2-22-13-4-6-14(7-5-13)23-10-9-20-17(21)15-11-12(18)3-8-16(15)19/h3-8,11H,2,9-10H2,1H3,(H,20,21). The second-order valence-electron chi connectivity index (χ2n) is 4.63. The third-order valence-electron chi connectivity index (χ3n) is 2.96. The van der Waals surface area contributed by atoms with E-state index >= 15 is 0 Å². The second kappa shape index (κ2) is 8.39. The van der Waals surface area contributed by atoms with Crippen LogP contribution in [0.2, 0.25) is 5.02 Å². The summed E-state index contributed by atoms with van der Waals surface area (Å²) in [4.78, 5) is 11.9. The smallest absolute Gasteiger partial charge is 0.254 e. The summed E-state index contributed by atoms with van der Waals surface area (Å²) >= 11 is 5.76. The SMILES string of the molecule is CCOc1ccc(OCCNC(=O)c2cc(Cl)ccc2F)cc1. The Morgan fingerprint density at radius 2 is 1.78 bits per heavy atom. The van der Waals surface area contributed by atoms with Crippen molar-refractivity contribution in [1.82, 2.24) is 5.32 Å². The first-order chi connectivity index (χ1) is 11.1. The lowest BCUT2D eigenvalue weighted by Gasteiger charge is -2.09. The summed E-state index contributed by atoms with van der Waals surface area (Å²) in [6.07, 6.45) is 0. The number of hydrogen-bond acceptors (Lipinski definition) is 3. The van der Waals surface area contributed by atoms with Gasteiger partial charge >= 0.3 is 0 Å². The van der Waals surface area contributed by atoms with Gasteiger partial charge in [-0.2, -0.15) is 0 Å². The van der Waals surface area contributed by atoms with E-state index in [0.29, 0.717) is 17.4 Å². The quantitative estimate of drug-likeness (QED) is 0.784. The van der Waals surface area contributed by atoms with Crippen LogP contribution in [0.15, 0.2) is 42.5 Å². The maximum atomic E-state index is 13.5. The Labute approximate surface area is 139 Å². The lowest BCUT2D eigenvalue weighted by atomic mass is 10.2. The summed E-state index contributed by atoms with van der Waals surface area (Å²) in [6, 6.07) is 11.0. The molecule has 0 radical (unpaired) electrons. The Kier molecular flexibility index (Phi) is 6.23. The number of carbonyl (C=O) groups is 1. The van der Waals surface area contributed by atoms with Gasteiger partial charge in [0.15, 0.2) is 0 Å². The average molecular weight is 338 g/mol. The minimum absolute atomic E-state index is 0.0847. The van der Waals surface area contributed by atoms with Crippen LogP contribution < -0.4 is 14.8 Å². The molecule has 6 heteroatoms. The van der Waals surface area contributed by atoms with Gasteiger partial charge in [-0.25, -0.2) is 4.39 Å². The molecule has 0 bridgehead atoms. The number of hydrogen-bond donors (Lipinski definition) is 1. The van der Waals surface area contributed by atoms with Gasteiger partial charge in [-0.3, -0.25) is 4.79 Å². The maximum absolute atomic E-state index is 13.5. The number of halogens is 2. The molecule has 0 heterocycles. The summed E-state index contributed by atoms with van der Waals surface area (Å²) < 4.78 is 24.4. The number of rotatable bonds is 7. The lowest BCUT2D eigenvalue weighted by Crippen LogP contribution is -2.28. The van der Waals surface area contributed by atoms with Crippen molar-refractivity contribution in [3.05, 3.63) is 58.9 Å². The molecule has 4 nitrogen and oxygen atoms in total. The molecule has 1 N–H and O–H groups in total. The zero-order valence-corrected chi connectivity index (χ0v) is 13.4. The number of nitrogens with one attached hydrogen (secondary N) is 1. The molecule has 0 aromatic heterocycles. The molecular formula is C17H17ClFNO3. The zero-order valence-electron chi connectivity index (χ0n) is 12.6. The van der Waals surface area contributed by atoms with Gasteiger partial charge in [-0.05, 0) is 49.4 Å². The van der Waals surface area contributed by atoms with Crippen molar-refractivity contribution in [3.63, 3.8) is 0 Å². The number of amides is 1. The fraction of sp³-hybridized carbons (Fsp3) is 0.235. The predicted octanol–water partition coefficient (Wildman–Crippen LogP) is 3.69. The first kappa shape index (κ1) is 17.1. The highest BCUT2D eigenvalue weighted by Crippen LogP contribution is 2.17. The Balaban J connectivity index is 1.78. The Hall–Kier alpha value is -2.27. The molecule has 1 amide bonds. The van der Waals surface area contributed by atoms with E-state index in [4.69, 9.17) is 21.1 Å². The predicted molar refractivity (Wildman–Crippen MR) is 86.8 cm³/mol. The highest BCUT2D eigenvalue weighted by Gasteiger charge is 2.11. The summed E-state index contributed by atoms with van der Waals surface area (Å²) in [5, 5.41) is 2.89. The Morgan fingerprint density at radius 3 is 2.43 bits per heavy atom. The topological polar surface area (TPSA) is 47.6 Å². The minimum Gasteiger partial charge on any atom is -0.494 e. The van der Waals surface area contributed by atoms with Crippen molar-refractivity contribution < 1.29 is 18.7 Å². The van der Waals surface area contributed by atoms with E-state index < -0.39 is 11.7 Å². The van der Waals surface area contributed by atoms with Crippen LogP contribution in [-0.2, 0) is 0 Å². The molecule has 122 valence electrons. The fourth-order valence-electron chi connectivity index (χ4n) is 1.90. The summed E-state index contributed by atoms with van der Waals surface area (Å²) in [6.45, 7) is 3.03. The molecule has 23 heavy (non-hydrogen) atoms. The molecule has 0 aliphatic heterocycles. The van der Waals surface area contributed by atoms with Crippen LogP contribution in [0.5, 0.6) is 11.5 Å². The number of benzene rings is 2. The van der Waals surface area contributed by atoms with Crippen LogP contribution in [0, 0.1) is 5.82 Å². The molecule has 0 saturated heterocycles. The number of carbonyl (C=O) groups excluding carboxylic acids is 1.